The molecule has 0 amide bonds. The Morgan fingerprint density at radius 1 is 0.960 bits per heavy atom. The Balaban J connectivity index is 2.35. The van der Waals surface area contributed by atoms with Gasteiger partial charge in [-0.05, 0) is 44.4 Å². The van der Waals surface area contributed by atoms with Crippen molar-refractivity contribution in [2.75, 3.05) is 0 Å². The quantitative estimate of drug-likeness (QED) is 0.667. The zero-order chi connectivity index (χ0) is 18.2. The Kier molecular flexibility index (Phi) is 7.49. The average Bonchev–Trinajstić information content (AvgIpc) is 2.64. The maximum atomic E-state index is 12.5. The fourth-order valence-electron chi connectivity index (χ4n) is 2.12. The second kappa shape index (κ2) is 9.60. The Labute approximate surface area is 152 Å². The topological polar surface area (TPSA) is 41.5 Å². The van der Waals surface area contributed by atoms with Gasteiger partial charge in [0.1, 0.15) is 11.5 Å². The number of ether oxygens (including phenoxy) is 2. The number of benzene rings is 2. The summed E-state index contributed by atoms with van der Waals surface area (Å²) < 4.78 is 11.9. The Morgan fingerprint density at radius 3 is 2.24 bits per heavy atom. The lowest BCUT2D eigenvalue weighted by Gasteiger charge is -2.19. The molecule has 134 valence electrons. The fraction of sp³-hybridized carbons (Fsp3) is 0.381. The minimum atomic E-state index is 0.0604. The Morgan fingerprint density at radius 2 is 1.60 bits per heavy atom. The van der Waals surface area contributed by atoms with Crippen molar-refractivity contribution < 1.29 is 14.6 Å². The van der Waals surface area contributed by atoms with Gasteiger partial charge in [0.05, 0.1) is 12.2 Å². The van der Waals surface area contributed by atoms with Crippen molar-refractivity contribution in [1.82, 2.24) is 0 Å². The van der Waals surface area contributed by atoms with E-state index in [0.717, 1.165) is 29.6 Å². The summed E-state index contributed by atoms with van der Waals surface area (Å²) in [5.74, 6) is 1.50. The van der Waals surface area contributed by atoms with Crippen molar-refractivity contribution in [3.63, 3.8) is 0 Å². The molecular weight excluding hydrogens is 331 g/mol. The number of hydrogen-bond acceptors (Lipinski definition) is 3. The molecule has 0 aliphatic rings. The molecule has 0 aromatic heterocycles. The molecular formula is C21H26O3P-. The summed E-state index contributed by atoms with van der Waals surface area (Å²) >= 11 is 0. The Hall–Kier alpha value is -1.83. The van der Waals surface area contributed by atoms with Gasteiger partial charge in [-0.1, -0.05) is 52.4 Å². The molecule has 0 spiro atoms. The van der Waals surface area contributed by atoms with Crippen molar-refractivity contribution in [2.24, 2.45) is 0 Å². The first-order valence-electron chi connectivity index (χ1n) is 8.82. The SMILES string of the molecule is CCC(C)Oc1ccc(P=C([O-])c2ccccc2)c(OC(C)CC)c1. The van der Waals surface area contributed by atoms with E-state index in [1.807, 2.05) is 62.4 Å². The predicted octanol–water partition coefficient (Wildman–Crippen LogP) is 4.15. The minimum Gasteiger partial charge on any atom is -0.823 e. The van der Waals surface area contributed by atoms with E-state index in [1.54, 1.807) is 0 Å². The molecule has 2 rings (SSSR count). The van der Waals surface area contributed by atoms with Gasteiger partial charge in [0, 0.05) is 11.4 Å². The van der Waals surface area contributed by atoms with Crippen LogP contribution in [-0.2, 0) is 0 Å². The number of rotatable bonds is 8. The van der Waals surface area contributed by atoms with Gasteiger partial charge in [-0.3, -0.25) is 0 Å². The molecule has 0 heterocycles. The average molecular weight is 357 g/mol. The highest BCUT2D eigenvalue weighted by Gasteiger charge is 2.10. The zero-order valence-electron chi connectivity index (χ0n) is 15.4. The molecule has 0 bridgehead atoms. The Bertz CT molecular complexity index is 698. The molecule has 0 saturated heterocycles. The fourth-order valence-corrected chi connectivity index (χ4v) is 3.00. The molecule has 2 unspecified atom stereocenters. The van der Waals surface area contributed by atoms with Gasteiger partial charge in [-0.2, -0.15) is 0 Å². The minimum absolute atomic E-state index is 0.0604. The van der Waals surface area contributed by atoms with Gasteiger partial charge in [0.25, 0.3) is 0 Å². The summed E-state index contributed by atoms with van der Waals surface area (Å²) in [5, 5.41) is 13.4. The van der Waals surface area contributed by atoms with Crippen LogP contribution in [0.25, 0.3) is 0 Å². The van der Waals surface area contributed by atoms with E-state index < -0.39 is 0 Å². The van der Waals surface area contributed by atoms with Crippen molar-refractivity contribution in [1.29, 1.82) is 0 Å². The molecule has 0 fully saturated rings. The zero-order valence-corrected chi connectivity index (χ0v) is 16.3. The van der Waals surface area contributed by atoms with Gasteiger partial charge in [0.2, 0.25) is 0 Å². The maximum absolute atomic E-state index is 12.5. The molecule has 0 aliphatic carbocycles. The van der Waals surface area contributed by atoms with E-state index in [2.05, 4.69) is 13.8 Å². The third kappa shape index (κ3) is 5.88. The molecule has 2 atom stereocenters. The summed E-state index contributed by atoms with van der Waals surface area (Å²) in [6.07, 6.45) is 2.07. The lowest BCUT2D eigenvalue weighted by atomic mass is 10.2. The van der Waals surface area contributed by atoms with Crippen molar-refractivity contribution in [3.8, 4) is 11.5 Å². The molecule has 0 radical (unpaired) electrons. The molecule has 2 aromatic rings. The van der Waals surface area contributed by atoms with Crippen LogP contribution in [0.1, 0.15) is 46.1 Å². The van der Waals surface area contributed by atoms with Gasteiger partial charge < -0.3 is 14.6 Å². The molecule has 4 heteroatoms. The highest BCUT2D eigenvalue weighted by molar-refractivity contribution is 7.49. The predicted molar refractivity (Wildman–Crippen MR) is 104 cm³/mol. The highest BCUT2D eigenvalue weighted by Crippen LogP contribution is 2.25. The molecule has 2 aromatic carbocycles. The van der Waals surface area contributed by atoms with E-state index in [-0.39, 0.29) is 17.7 Å². The summed E-state index contributed by atoms with van der Waals surface area (Å²) in [6, 6.07) is 15.1. The molecule has 0 saturated carbocycles. The maximum Gasteiger partial charge on any atom is 0.135 e. The summed E-state index contributed by atoms with van der Waals surface area (Å²) in [6.45, 7) is 8.24. The van der Waals surface area contributed by atoms with Crippen LogP contribution in [0.5, 0.6) is 11.5 Å². The van der Waals surface area contributed by atoms with Crippen molar-refractivity contribution in [2.45, 2.75) is 52.7 Å². The summed E-state index contributed by atoms with van der Waals surface area (Å²) in [5.41, 5.74) is 0.767. The van der Waals surface area contributed by atoms with Gasteiger partial charge >= 0.3 is 0 Å². The first kappa shape index (κ1) is 19.5. The smallest absolute Gasteiger partial charge is 0.135 e. The lowest BCUT2D eigenvalue weighted by Crippen LogP contribution is -2.19. The summed E-state index contributed by atoms with van der Waals surface area (Å²) in [4.78, 5) is 0. The van der Waals surface area contributed by atoms with Crippen LogP contribution >= 0.6 is 8.20 Å². The van der Waals surface area contributed by atoms with E-state index in [0.29, 0.717) is 13.8 Å². The van der Waals surface area contributed by atoms with E-state index >= 15 is 0 Å². The molecule has 3 nitrogen and oxygen atoms in total. The van der Waals surface area contributed by atoms with Gasteiger partial charge in [-0.25, -0.2) is 0 Å². The van der Waals surface area contributed by atoms with Crippen LogP contribution in [0, 0.1) is 0 Å². The van der Waals surface area contributed by atoms with Gasteiger partial charge in [0.15, 0.2) is 0 Å². The van der Waals surface area contributed by atoms with Crippen LogP contribution in [0.15, 0.2) is 48.5 Å². The highest BCUT2D eigenvalue weighted by atomic mass is 31.1. The first-order valence-corrected chi connectivity index (χ1v) is 9.71. The molecule has 0 N–H and O–H groups in total. The van der Waals surface area contributed by atoms with E-state index in [9.17, 15) is 5.11 Å². The second-order valence-electron chi connectivity index (χ2n) is 6.09. The lowest BCUT2D eigenvalue weighted by molar-refractivity contribution is -0.207. The van der Waals surface area contributed by atoms with Crippen molar-refractivity contribution >= 4 is 19.0 Å². The van der Waals surface area contributed by atoms with E-state index in [4.69, 9.17) is 9.47 Å². The molecule has 25 heavy (non-hydrogen) atoms. The van der Waals surface area contributed by atoms with Crippen LogP contribution in [0.4, 0.5) is 0 Å². The third-order valence-corrected chi connectivity index (χ3v) is 5.06. The molecule has 0 aliphatic heterocycles. The van der Waals surface area contributed by atoms with Crippen LogP contribution < -0.4 is 19.9 Å². The standard InChI is InChI=1S/C21H27O3P/c1-5-15(3)23-18-12-13-20(19(14-18)24-16(4)6-2)25-21(22)17-10-8-7-9-11-17/h7-16,22H,5-6H2,1-4H3/p-1. The second-order valence-corrected chi connectivity index (χ2v) is 7.20. The monoisotopic (exact) mass is 357 g/mol. The van der Waals surface area contributed by atoms with Crippen molar-refractivity contribution in [3.05, 3.63) is 54.1 Å². The summed E-state index contributed by atoms with van der Waals surface area (Å²) in [7, 11) is 0.609. The first-order chi connectivity index (χ1) is 12.0. The van der Waals surface area contributed by atoms with E-state index in [1.165, 1.54) is 0 Å². The van der Waals surface area contributed by atoms with Crippen LogP contribution in [-0.4, -0.2) is 17.7 Å². The third-order valence-electron chi connectivity index (χ3n) is 3.99. The normalized spacial score (nSPS) is 14.0. The number of hydrogen-bond donors (Lipinski definition) is 0. The largest absolute Gasteiger partial charge is 0.823 e. The van der Waals surface area contributed by atoms with Gasteiger partial charge in [-0.15, -0.1) is 5.48 Å². The van der Waals surface area contributed by atoms with Crippen LogP contribution in [0.3, 0.4) is 0 Å². The van der Waals surface area contributed by atoms with Crippen LogP contribution in [0.2, 0.25) is 0 Å².